The van der Waals surface area contributed by atoms with Gasteiger partial charge in [0, 0.05) is 22.7 Å². The van der Waals surface area contributed by atoms with Gasteiger partial charge in [0.25, 0.3) is 0 Å². The molecule has 0 amide bonds. The van der Waals surface area contributed by atoms with E-state index in [0.717, 1.165) is 17.7 Å². The van der Waals surface area contributed by atoms with Gasteiger partial charge in [0.1, 0.15) is 11.9 Å². The third-order valence-corrected chi connectivity index (χ3v) is 3.97. The quantitative estimate of drug-likeness (QED) is 0.787. The molecule has 120 valence electrons. The maximum Gasteiger partial charge on any atom is 0.190 e. The summed E-state index contributed by atoms with van der Waals surface area (Å²) in [4.78, 5) is 0. The van der Waals surface area contributed by atoms with Crippen molar-refractivity contribution in [3.8, 4) is 0 Å². The standard InChI is InChI=1S/C17H22ClNO3/c1-4-14(19)8-11-9-15(16(11)21-3)22-17(2,20)12-6-5-7-13(18)10-12/h5-8,10,15,20H,4,9,19H2,1-3H3/b14-8+/t15-,17?/m1/s1. The number of hydrogen-bond acceptors (Lipinski definition) is 4. The fourth-order valence-corrected chi connectivity index (χ4v) is 2.59. The van der Waals surface area contributed by atoms with Gasteiger partial charge in [-0.3, -0.25) is 0 Å². The van der Waals surface area contributed by atoms with Gasteiger partial charge in [-0.25, -0.2) is 0 Å². The third kappa shape index (κ3) is 3.64. The SMILES string of the molecule is CC/C(N)=C\C1=C(OC)[C@H](OC(C)(O)c2cccc(Cl)c2)C1. The number of ether oxygens (including phenoxy) is 2. The van der Waals surface area contributed by atoms with Crippen molar-refractivity contribution in [2.75, 3.05) is 7.11 Å². The summed E-state index contributed by atoms with van der Waals surface area (Å²) in [6.45, 7) is 3.59. The molecule has 0 heterocycles. The second-order valence-electron chi connectivity index (χ2n) is 5.47. The molecule has 2 rings (SSSR count). The highest BCUT2D eigenvalue weighted by molar-refractivity contribution is 6.30. The Morgan fingerprint density at radius 1 is 1.55 bits per heavy atom. The van der Waals surface area contributed by atoms with Crippen molar-refractivity contribution in [2.45, 2.75) is 38.6 Å². The molecule has 1 aromatic rings. The van der Waals surface area contributed by atoms with Gasteiger partial charge >= 0.3 is 0 Å². The van der Waals surface area contributed by atoms with Crippen molar-refractivity contribution in [1.29, 1.82) is 0 Å². The first-order valence-corrected chi connectivity index (χ1v) is 7.64. The van der Waals surface area contributed by atoms with Gasteiger partial charge in [0.2, 0.25) is 0 Å². The topological polar surface area (TPSA) is 64.7 Å². The van der Waals surface area contributed by atoms with Crippen LogP contribution in [0.4, 0.5) is 0 Å². The number of methoxy groups -OCH3 is 1. The van der Waals surface area contributed by atoms with Crippen LogP contribution in [0.2, 0.25) is 5.02 Å². The zero-order valence-corrected chi connectivity index (χ0v) is 13.9. The zero-order chi connectivity index (χ0) is 16.3. The van der Waals surface area contributed by atoms with E-state index in [1.165, 1.54) is 0 Å². The van der Waals surface area contributed by atoms with Gasteiger partial charge in [-0.2, -0.15) is 0 Å². The lowest BCUT2D eigenvalue weighted by molar-refractivity contribution is -0.229. The van der Waals surface area contributed by atoms with Crippen LogP contribution in [0.5, 0.6) is 0 Å². The fourth-order valence-electron chi connectivity index (χ4n) is 2.40. The third-order valence-electron chi connectivity index (χ3n) is 3.73. The van der Waals surface area contributed by atoms with Crippen molar-refractivity contribution in [1.82, 2.24) is 0 Å². The molecular weight excluding hydrogens is 302 g/mol. The molecule has 0 spiro atoms. The predicted molar refractivity (Wildman–Crippen MR) is 87.1 cm³/mol. The van der Waals surface area contributed by atoms with E-state index in [9.17, 15) is 5.11 Å². The molecule has 0 aliphatic heterocycles. The average molecular weight is 324 g/mol. The molecule has 0 saturated carbocycles. The van der Waals surface area contributed by atoms with Gasteiger partial charge in [-0.15, -0.1) is 0 Å². The number of aliphatic hydroxyl groups is 1. The van der Waals surface area contributed by atoms with E-state index in [4.69, 9.17) is 26.8 Å². The van der Waals surface area contributed by atoms with E-state index in [1.807, 2.05) is 13.0 Å². The number of allylic oxidation sites excluding steroid dienone is 2. The number of benzene rings is 1. The largest absolute Gasteiger partial charge is 0.498 e. The number of nitrogens with two attached hydrogens (primary N) is 1. The Hall–Kier alpha value is -1.49. The number of rotatable bonds is 6. The Morgan fingerprint density at radius 3 is 2.86 bits per heavy atom. The van der Waals surface area contributed by atoms with E-state index in [0.29, 0.717) is 22.8 Å². The lowest BCUT2D eigenvalue weighted by Crippen LogP contribution is -2.37. The van der Waals surface area contributed by atoms with Crippen LogP contribution in [-0.4, -0.2) is 18.3 Å². The predicted octanol–water partition coefficient (Wildman–Crippen LogP) is 3.45. The normalized spacial score (nSPS) is 21.3. The van der Waals surface area contributed by atoms with Gasteiger partial charge < -0.3 is 20.3 Å². The Kier molecular flexibility index (Phi) is 5.16. The Balaban J connectivity index is 2.15. The van der Waals surface area contributed by atoms with Crippen molar-refractivity contribution >= 4 is 11.6 Å². The molecule has 0 saturated heterocycles. The molecule has 1 aromatic carbocycles. The van der Waals surface area contributed by atoms with E-state index < -0.39 is 5.79 Å². The van der Waals surface area contributed by atoms with E-state index in [1.54, 1.807) is 38.3 Å². The first kappa shape index (κ1) is 16.9. The van der Waals surface area contributed by atoms with Crippen molar-refractivity contribution in [3.05, 3.63) is 58.0 Å². The Labute approximate surface area is 136 Å². The summed E-state index contributed by atoms with van der Waals surface area (Å²) in [5, 5.41) is 11.1. The summed E-state index contributed by atoms with van der Waals surface area (Å²) in [7, 11) is 1.59. The van der Waals surface area contributed by atoms with Crippen LogP contribution < -0.4 is 5.73 Å². The van der Waals surface area contributed by atoms with Crippen LogP contribution in [0, 0.1) is 0 Å². The monoisotopic (exact) mass is 323 g/mol. The smallest absolute Gasteiger partial charge is 0.190 e. The summed E-state index contributed by atoms with van der Waals surface area (Å²) >= 11 is 5.97. The van der Waals surface area contributed by atoms with Crippen LogP contribution in [-0.2, 0) is 15.3 Å². The number of hydrogen-bond donors (Lipinski definition) is 2. The molecule has 4 nitrogen and oxygen atoms in total. The average Bonchev–Trinajstić information content (AvgIpc) is 2.46. The summed E-state index contributed by atoms with van der Waals surface area (Å²) in [6, 6.07) is 6.99. The Bertz CT molecular complexity index is 608. The number of halogens is 1. The highest BCUT2D eigenvalue weighted by atomic mass is 35.5. The minimum absolute atomic E-state index is 0.296. The minimum atomic E-state index is -1.44. The summed E-state index contributed by atoms with van der Waals surface area (Å²) in [5.41, 5.74) is 8.26. The van der Waals surface area contributed by atoms with Gasteiger partial charge in [0.15, 0.2) is 5.79 Å². The molecule has 22 heavy (non-hydrogen) atoms. The molecule has 0 fully saturated rings. The lowest BCUT2D eigenvalue weighted by atomic mass is 9.91. The summed E-state index contributed by atoms with van der Waals surface area (Å²) in [6.07, 6.45) is 3.05. The first-order valence-electron chi connectivity index (χ1n) is 7.26. The van der Waals surface area contributed by atoms with E-state index in [-0.39, 0.29) is 6.10 Å². The molecule has 0 bridgehead atoms. The van der Waals surface area contributed by atoms with E-state index >= 15 is 0 Å². The van der Waals surface area contributed by atoms with Crippen LogP contribution in [0.15, 0.2) is 47.4 Å². The molecule has 0 radical (unpaired) electrons. The second kappa shape index (κ2) is 6.73. The maximum absolute atomic E-state index is 10.6. The first-order chi connectivity index (χ1) is 10.4. The van der Waals surface area contributed by atoms with Crippen molar-refractivity contribution in [2.24, 2.45) is 5.73 Å². The molecule has 2 atom stereocenters. The van der Waals surface area contributed by atoms with Gasteiger partial charge in [-0.1, -0.05) is 30.7 Å². The molecule has 5 heteroatoms. The van der Waals surface area contributed by atoms with Gasteiger partial charge in [-0.05, 0) is 37.1 Å². The molecule has 0 aromatic heterocycles. The minimum Gasteiger partial charge on any atom is -0.498 e. The molecule has 3 N–H and O–H groups in total. The van der Waals surface area contributed by atoms with Crippen LogP contribution in [0.25, 0.3) is 0 Å². The Morgan fingerprint density at radius 2 is 2.27 bits per heavy atom. The lowest BCUT2D eigenvalue weighted by Gasteiger charge is -2.36. The van der Waals surface area contributed by atoms with E-state index in [2.05, 4.69) is 0 Å². The highest BCUT2D eigenvalue weighted by Gasteiger charge is 2.37. The molecule has 1 aliphatic rings. The summed E-state index contributed by atoms with van der Waals surface area (Å²) < 4.78 is 11.2. The second-order valence-corrected chi connectivity index (χ2v) is 5.91. The zero-order valence-electron chi connectivity index (χ0n) is 13.1. The summed E-state index contributed by atoms with van der Waals surface area (Å²) in [5.74, 6) is -0.732. The van der Waals surface area contributed by atoms with Crippen LogP contribution in [0.3, 0.4) is 0 Å². The molecule has 1 unspecified atom stereocenters. The van der Waals surface area contributed by atoms with Crippen LogP contribution >= 0.6 is 11.6 Å². The molecule has 1 aliphatic carbocycles. The fraction of sp³-hybridized carbons (Fsp3) is 0.412. The highest BCUT2D eigenvalue weighted by Crippen LogP contribution is 2.38. The maximum atomic E-state index is 10.6. The van der Waals surface area contributed by atoms with Crippen molar-refractivity contribution in [3.63, 3.8) is 0 Å². The van der Waals surface area contributed by atoms with Crippen LogP contribution in [0.1, 0.15) is 32.3 Å². The molecular formula is C17H22ClNO3. The van der Waals surface area contributed by atoms with Gasteiger partial charge in [0.05, 0.1) is 7.11 Å². The van der Waals surface area contributed by atoms with Crippen molar-refractivity contribution < 1.29 is 14.6 Å².